The van der Waals surface area contributed by atoms with E-state index in [1.165, 1.54) is 17.4 Å². The number of carbonyl (C=O) groups excluding carboxylic acids is 1. The first-order valence-electron chi connectivity index (χ1n) is 6.38. The maximum absolute atomic E-state index is 13.1. The molecule has 0 fully saturated rings. The van der Waals surface area contributed by atoms with Crippen molar-refractivity contribution in [2.75, 3.05) is 0 Å². The molecule has 0 unspecified atom stereocenters. The van der Waals surface area contributed by atoms with E-state index in [-0.39, 0.29) is 11.9 Å². The summed E-state index contributed by atoms with van der Waals surface area (Å²) in [6.45, 7) is 1.79. The first-order valence-corrected chi connectivity index (χ1v) is 7.26. The van der Waals surface area contributed by atoms with Crippen molar-refractivity contribution in [3.8, 4) is 0 Å². The summed E-state index contributed by atoms with van der Waals surface area (Å²) < 4.78 is 14.1. The standard InChI is InChI=1S/C15H12FN3OS/c1-9(11-4-12(16)7-17-6-11)19-15(20)10-2-3-13-14(5-10)21-8-18-13/h2-9H,1H3,(H,19,20)/t9-/m0/s1. The van der Waals surface area contributed by atoms with Crippen LogP contribution in [-0.2, 0) is 0 Å². The third-order valence-corrected chi connectivity index (χ3v) is 3.96. The first kappa shape index (κ1) is 13.6. The lowest BCUT2D eigenvalue weighted by molar-refractivity contribution is 0.0940. The van der Waals surface area contributed by atoms with Gasteiger partial charge in [0.05, 0.1) is 28.0 Å². The topological polar surface area (TPSA) is 54.9 Å². The van der Waals surface area contributed by atoms with Crippen LogP contribution in [0.15, 0.2) is 42.2 Å². The number of aromatic nitrogens is 2. The van der Waals surface area contributed by atoms with Gasteiger partial charge in [-0.05, 0) is 36.8 Å². The van der Waals surface area contributed by atoms with Gasteiger partial charge in [0, 0.05) is 11.8 Å². The highest BCUT2D eigenvalue weighted by Gasteiger charge is 2.13. The van der Waals surface area contributed by atoms with Crippen molar-refractivity contribution in [1.29, 1.82) is 0 Å². The number of nitrogens with one attached hydrogen (secondary N) is 1. The zero-order valence-corrected chi connectivity index (χ0v) is 12.0. The van der Waals surface area contributed by atoms with Crippen molar-refractivity contribution >= 4 is 27.5 Å². The van der Waals surface area contributed by atoms with E-state index in [2.05, 4.69) is 15.3 Å². The van der Waals surface area contributed by atoms with Gasteiger partial charge in [0.15, 0.2) is 0 Å². The van der Waals surface area contributed by atoms with Crippen LogP contribution < -0.4 is 5.32 Å². The predicted octanol–water partition coefficient (Wildman–Crippen LogP) is 3.32. The number of pyridine rings is 1. The lowest BCUT2D eigenvalue weighted by Gasteiger charge is -2.14. The van der Waals surface area contributed by atoms with E-state index in [0.29, 0.717) is 11.1 Å². The molecule has 4 nitrogen and oxygen atoms in total. The number of hydrogen-bond donors (Lipinski definition) is 1. The number of hydrogen-bond acceptors (Lipinski definition) is 4. The van der Waals surface area contributed by atoms with Crippen LogP contribution in [0.4, 0.5) is 4.39 Å². The third kappa shape index (κ3) is 2.90. The first-order chi connectivity index (χ1) is 10.1. The zero-order valence-electron chi connectivity index (χ0n) is 11.2. The van der Waals surface area contributed by atoms with Crippen molar-refractivity contribution in [2.45, 2.75) is 13.0 Å². The molecule has 1 atom stereocenters. The SMILES string of the molecule is C[C@H](NC(=O)c1ccc2ncsc2c1)c1cncc(F)c1. The predicted molar refractivity (Wildman–Crippen MR) is 79.7 cm³/mol. The highest BCUT2D eigenvalue weighted by atomic mass is 32.1. The monoisotopic (exact) mass is 301 g/mol. The number of rotatable bonds is 3. The van der Waals surface area contributed by atoms with Gasteiger partial charge in [-0.1, -0.05) is 0 Å². The number of halogens is 1. The molecule has 106 valence electrons. The number of nitrogens with zero attached hydrogens (tertiary/aromatic N) is 2. The Balaban J connectivity index is 1.79. The van der Waals surface area contributed by atoms with Gasteiger partial charge >= 0.3 is 0 Å². The van der Waals surface area contributed by atoms with E-state index in [0.717, 1.165) is 16.4 Å². The summed E-state index contributed by atoms with van der Waals surface area (Å²) in [6.07, 6.45) is 2.68. The van der Waals surface area contributed by atoms with Gasteiger partial charge in [0.1, 0.15) is 5.82 Å². The molecule has 0 spiro atoms. The molecular formula is C15H12FN3OS. The largest absolute Gasteiger partial charge is 0.345 e. The maximum atomic E-state index is 13.1. The molecule has 0 saturated carbocycles. The Morgan fingerprint density at radius 1 is 1.33 bits per heavy atom. The number of benzene rings is 1. The Hall–Kier alpha value is -2.34. The second kappa shape index (κ2) is 5.57. The highest BCUT2D eigenvalue weighted by molar-refractivity contribution is 7.16. The molecule has 0 radical (unpaired) electrons. The summed E-state index contributed by atoms with van der Waals surface area (Å²) in [5.41, 5.74) is 3.80. The van der Waals surface area contributed by atoms with E-state index in [1.807, 2.05) is 6.07 Å². The lowest BCUT2D eigenvalue weighted by Crippen LogP contribution is -2.26. The quantitative estimate of drug-likeness (QED) is 0.807. The van der Waals surface area contributed by atoms with Crippen molar-refractivity contribution in [1.82, 2.24) is 15.3 Å². The number of carbonyl (C=O) groups is 1. The molecule has 0 aliphatic heterocycles. The number of fused-ring (bicyclic) bond motifs is 1. The molecule has 3 rings (SSSR count). The van der Waals surface area contributed by atoms with E-state index < -0.39 is 5.82 Å². The Kier molecular flexibility index (Phi) is 3.62. The molecule has 6 heteroatoms. The average molecular weight is 301 g/mol. The summed E-state index contributed by atoms with van der Waals surface area (Å²) in [4.78, 5) is 20.2. The Morgan fingerprint density at radius 3 is 3.00 bits per heavy atom. The zero-order chi connectivity index (χ0) is 14.8. The van der Waals surface area contributed by atoms with Crippen LogP contribution in [0.2, 0.25) is 0 Å². The minimum absolute atomic E-state index is 0.206. The second-order valence-corrected chi connectivity index (χ2v) is 5.55. The Bertz CT molecular complexity index is 802. The van der Waals surface area contributed by atoms with Gasteiger partial charge in [0.2, 0.25) is 0 Å². The molecule has 0 aliphatic carbocycles. The van der Waals surface area contributed by atoms with Crippen LogP contribution in [-0.4, -0.2) is 15.9 Å². The fourth-order valence-corrected chi connectivity index (χ4v) is 2.74. The third-order valence-electron chi connectivity index (χ3n) is 3.17. The molecule has 3 aromatic rings. The van der Waals surface area contributed by atoms with Gasteiger partial charge in [-0.25, -0.2) is 9.37 Å². The van der Waals surface area contributed by atoms with Gasteiger partial charge in [-0.2, -0.15) is 0 Å². The highest BCUT2D eigenvalue weighted by Crippen LogP contribution is 2.20. The Labute approximate surface area is 124 Å². The molecule has 2 aromatic heterocycles. The average Bonchev–Trinajstić information content (AvgIpc) is 2.94. The fraction of sp³-hybridized carbons (Fsp3) is 0.133. The van der Waals surface area contributed by atoms with E-state index in [1.54, 1.807) is 30.8 Å². The van der Waals surface area contributed by atoms with E-state index in [9.17, 15) is 9.18 Å². The van der Waals surface area contributed by atoms with Crippen molar-refractivity contribution in [3.05, 3.63) is 59.1 Å². The molecule has 0 saturated heterocycles. The van der Waals surface area contributed by atoms with Crippen molar-refractivity contribution in [2.24, 2.45) is 0 Å². The molecule has 1 amide bonds. The molecule has 1 N–H and O–H groups in total. The molecule has 0 bridgehead atoms. The summed E-state index contributed by atoms with van der Waals surface area (Å²) >= 11 is 1.49. The molecule has 1 aromatic carbocycles. The van der Waals surface area contributed by atoms with E-state index >= 15 is 0 Å². The van der Waals surface area contributed by atoms with Crippen LogP contribution in [0.3, 0.4) is 0 Å². The van der Waals surface area contributed by atoms with Crippen molar-refractivity contribution in [3.63, 3.8) is 0 Å². The molecule has 2 heterocycles. The van der Waals surface area contributed by atoms with Gasteiger partial charge < -0.3 is 5.32 Å². The second-order valence-electron chi connectivity index (χ2n) is 4.67. The Morgan fingerprint density at radius 2 is 2.19 bits per heavy atom. The van der Waals surface area contributed by atoms with Crippen LogP contribution in [0.25, 0.3) is 10.2 Å². The number of thiazole rings is 1. The van der Waals surface area contributed by atoms with Crippen LogP contribution in [0, 0.1) is 5.82 Å². The van der Waals surface area contributed by atoms with Crippen LogP contribution >= 0.6 is 11.3 Å². The summed E-state index contributed by atoms with van der Waals surface area (Å²) in [5.74, 6) is -0.623. The summed E-state index contributed by atoms with van der Waals surface area (Å²) in [7, 11) is 0. The van der Waals surface area contributed by atoms with Gasteiger partial charge in [-0.15, -0.1) is 11.3 Å². The normalized spacial score (nSPS) is 12.3. The summed E-state index contributed by atoms with van der Waals surface area (Å²) in [5, 5.41) is 2.84. The molecule has 21 heavy (non-hydrogen) atoms. The number of amides is 1. The minimum Gasteiger partial charge on any atom is -0.345 e. The van der Waals surface area contributed by atoms with Crippen LogP contribution in [0.1, 0.15) is 28.9 Å². The van der Waals surface area contributed by atoms with E-state index in [4.69, 9.17) is 0 Å². The molecular weight excluding hydrogens is 289 g/mol. The summed E-state index contributed by atoms with van der Waals surface area (Å²) in [6, 6.07) is 6.39. The minimum atomic E-state index is -0.417. The lowest BCUT2D eigenvalue weighted by atomic mass is 10.1. The smallest absolute Gasteiger partial charge is 0.251 e. The van der Waals surface area contributed by atoms with Crippen LogP contribution in [0.5, 0.6) is 0 Å². The van der Waals surface area contributed by atoms with Crippen molar-refractivity contribution < 1.29 is 9.18 Å². The van der Waals surface area contributed by atoms with Gasteiger partial charge in [0.25, 0.3) is 5.91 Å². The maximum Gasteiger partial charge on any atom is 0.251 e. The van der Waals surface area contributed by atoms with Gasteiger partial charge in [-0.3, -0.25) is 9.78 Å². The fourth-order valence-electron chi connectivity index (χ4n) is 2.02. The molecule has 0 aliphatic rings.